The molecule has 6 nitrogen and oxygen atoms in total. The zero-order chi connectivity index (χ0) is 19.6. The van der Waals surface area contributed by atoms with Gasteiger partial charge in [0, 0.05) is 19.3 Å². The zero-order valence-electron chi connectivity index (χ0n) is 17.3. The number of benzene rings is 1. The van der Waals surface area contributed by atoms with Crippen molar-refractivity contribution in [1.82, 2.24) is 20.5 Å². The van der Waals surface area contributed by atoms with Crippen molar-refractivity contribution in [1.29, 1.82) is 0 Å². The van der Waals surface area contributed by atoms with E-state index in [0.717, 1.165) is 43.6 Å². The van der Waals surface area contributed by atoms with E-state index < -0.39 is 0 Å². The number of rotatable bonds is 8. The van der Waals surface area contributed by atoms with Crippen LogP contribution in [0, 0.1) is 0 Å². The van der Waals surface area contributed by atoms with E-state index >= 15 is 0 Å². The van der Waals surface area contributed by atoms with Crippen LogP contribution in [0.3, 0.4) is 0 Å². The Bertz CT molecular complexity index is 750. The number of halogens is 1. The molecule has 2 heterocycles. The minimum Gasteiger partial charge on any atom is -0.497 e. The van der Waals surface area contributed by atoms with Crippen LogP contribution in [0.4, 0.5) is 0 Å². The number of likely N-dealkylation sites (tertiary alicyclic amines) is 1. The second kappa shape index (κ2) is 12.6. The van der Waals surface area contributed by atoms with Gasteiger partial charge in [0.25, 0.3) is 0 Å². The van der Waals surface area contributed by atoms with Gasteiger partial charge in [-0.05, 0) is 62.7 Å². The molecule has 0 radical (unpaired) electrons. The normalized spacial score (nSPS) is 15.4. The molecule has 3 rings (SSSR count). The Kier molecular flexibility index (Phi) is 10.2. The first-order valence-corrected chi connectivity index (χ1v) is 10.1. The van der Waals surface area contributed by atoms with Crippen LogP contribution < -0.4 is 15.4 Å². The topological polar surface area (TPSA) is 61.8 Å². The largest absolute Gasteiger partial charge is 0.497 e. The monoisotopic (exact) mass is 509 g/mol. The number of hydrogen-bond acceptors (Lipinski definition) is 4. The molecule has 1 aromatic heterocycles. The zero-order valence-corrected chi connectivity index (χ0v) is 19.6. The number of hydrogen-bond donors (Lipinski definition) is 2. The van der Waals surface area contributed by atoms with E-state index in [1.165, 1.54) is 18.4 Å². The van der Waals surface area contributed by atoms with Crippen LogP contribution in [-0.4, -0.2) is 49.1 Å². The summed E-state index contributed by atoms with van der Waals surface area (Å²) in [5.41, 5.74) is 2.23. The molecular weight excluding hydrogens is 477 g/mol. The van der Waals surface area contributed by atoms with Crippen molar-refractivity contribution in [3.63, 3.8) is 0 Å². The summed E-state index contributed by atoms with van der Waals surface area (Å²) in [4.78, 5) is 11.6. The molecule has 1 saturated heterocycles. The molecule has 1 aliphatic heterocycles. The fourth-order valence-corrected chi connectivity index (χ4v) is 3.55. The van der Waals surface area contributed by atoms with Crippen LogP contribution in [0.15, 0.2) is 53.7 Å². The molecule has 0 bridgehead atoms. The molecule has 0 saturated carbocycles. The Morgan fingerprint density at radius 3 is 2.69 bits per heavy atom. The van der Waals surface area contributed by atoms with Gasteiger partial charge in [-0.3, -0.25) is 9.88 Å². The molecule has 2 N–H and O–H groups in total. The lowest BCUT2D eigenvalue weighted by Gasteiger charge is -2.29. The molecule has 0 aliphatic carbocycles. The number of nitrogens with one attached hydrogen (secondary N) is 2. The second-order valence-corrected chi connectivity index (χ2v) is 6.93. The summed E-state index contributed by atoms with van der Waals surface area (Å²) < 4.78 is 5.44. The molecule has 29 heavy (non-hydrogen) atoms. The lowest BCUT2D eigenvalue weighted by atomic mass is 10.1. The van der Waals surface area contributed by atoms with Crippen LogP contribution in [0.5, 0.6) is 5.75 Å². The average Bonchev–Trinajstić information content (AvgIpc) is 3.27. The molecule has 7 heteroatoms. The lowest BCUT2D eigenvalue weighted by molar-refractivity contribution is 0.245. The SMILES string of the molecule is CCNC(=NCc1ccccn1)NCC(c1cccc(OC)c1)N1CCCC1.I. The third kappa shape index (κ3) is 7.15. The molecule has 0 amide bonds. The van der Waals surface area contributed by atoms with Crippen molar-refractivity contribution in [3.05, 3.63) is 59.9 Å². The molecule has 1 atom stereocenters. The molecular formula is C22H32IN5O. The third-order valence-electron chi connectivity index (χ3n) is 4.99. The number of aromatic nitrogens is 1. The molecule has 1 aromatic carbocycles. The van der Waals surface area contributed by atoms with Crippen molar-refractivity contribution < 1.29 is 4.74 Å². The highest BCUT2D eigenvalue weighted by Crippen LogP contribution is 2.27. The molecule has 1 unspecified atom stereocenters. The number of nitrogens with zero attached hydrogens (tertiary/aromatic N) is 3. The maximum absolute atomic E-state index is 5.44. The summed E-state index contributed by atoms with van der Waals surface area (Å²) in [6, 6.07) is 14.6. The Labute approximate surface area is 191 Å². The predicted octanol–water partition coefficient (Wildman–Crippen LogP) is 3.60. The molecule has 2 aromatic rings. The van der Waals surface area contributed by atoms with E-state index in [2.05, 4.69) is 45.6 Å². The fourth-order valence-electron chi connectivity index (χ4n) is 3.55. The Hall–Kier alpha value is -1.87. The van der Waals surface area contributed by atoms with Crippen LogP contribution in [-0.2, 0) is 6.54 Å². The van der Waals surface area contributed by atoms with E-state index in [1.54, 1.807) is 13.3 Å². The summed E-state index contributed by atoms with van der Waals surface area (Å²) in [5.74, 6) is 1.72. The van der Waals surface area contributed by atoms with Gasteiger partial charge in [0.1, 0.15) is 5.75 Å². The maximum Gasteiger partial charge on any atom is 0.191 e. The van der Waals surface area contributed by atoms with Crippen LogP contribution in [0.25, 0.3) is 0 Å². The minimum absolute atomic E-state index is 0. The second-order valence-electron chi connectivity index (χ2n) is 6.93. The van der Waals surface area contributed by atoms with E-state index in [-0.39, 0.29) is 30.0 Å². The van der Waals surface area contributed by atoms with Crippen LogP contribution >= 0.6 is 24.0 Å². The summed E-state index contributed by atoms with van der Waals surface area (Å²) in [6.45, 7) is 6.51. The quantitative estimate of drug-likeness (QED) is 0.324. The predicted molar refractivity (Wildman–Crippen MR) is 129 cm³/mol. The first-order chi connectivity index (χ1) is 13.8. The van der Waals surface area contributed by atoms with Gasteiger partial charge in [0.15, 0.2) is 5.96 Å². The van der Waals surface area contributed by atoms with Gasteiger partial charge in [-0.15, -0.1) is 24.0 Å². The van der Waals surface area contributed by atoms with Gasteiger partial charge in [-0.1, -0.05) is 18.2 Å². The summed E-state index contributed by atoms with van der Waals surface area (Å²) in [6.07, 6.45) is 4.32. The Morgan fingerprint density at radius 2 is 2.00 bits per heavy atom. The van der Waals surface area contributed by atoms with E-state index in [1.807, 2.05) is 24.3 Å². The maximum atomic E-state index is 5.44. The fraction of sp³-hybridized carbons (Fsp3) is 0.455. The van der Waals surface area contributed by atoms with Gasteiger partial charge in [0.2, 0.25) is 0 Å². The van der Waals surface area contributed by atoms with Crippen LogP contribution in [0.2, 0.25) is 0 Å². The summed E-state index contributed by atoms with van der Waals surface area (Å²) in [7, 11) is 1.72. The van der Waals surface area contributed by atoms with E-state index in [0.29, 0.717) is 6.54 Å². The van der Waals surface area contributed by atoms with Gasteiger partial charge < -0.3 is 15.4 Å². The van der Waals surface area contributed by atoms with Gasteiger partial charge in [0.05, 0.1) is 25.4 Å². The average molecular weight is 509 g/mol. The standard InChI is InChI=1S/C22H31N5O.HI/c1-3-23-22(25-16-19-10-4-5-12-24-19)26-17-21(27-13-6-7-14-27)18-9-8-11-20(15-18)28-2;/h4-5,8-12,15,21H,3,6-7,13-14,16-17H2,1-2H3,(H2,23,25,26);1H. The first kappa shape index (κ1) is 23.4. The Morgan fingerprint density at radius 1 is 1.17 bits per heavy atom. The van der Waals surface area contributed by atoms with Crippen molar-refractivity contribution >= 4 is 29.9 Å². The van der Waals surface area contributed by atoms with E-state index in [9.17, 15) is 0 Å². The highest BCUT2D eigenvalue weighted by molar-refractivity contribution is 14.0. The van der Waals surface area contributed by atoms with Crippen LogP contribution in [0.1, 0.15) is 37.1 Å². The molecule has 0 spiro atoms. The summed E-state index contributed by atoms with van der Waals surface area (Å²) in [5, 5.41) is 6.87. The molecule has 1 fully saturated rings. The van der Waals surface area contributed by atoms with Crippen molar-refractivity contribution in [2.24, 2.45) is 4.99 Å². The molecule has 158 valence electrons. The Balaban J connectivity index is 0.00000300. The third-order valence-corrected chi connectivity index (χ3v) is 4.99. The molecule has 1 aliphatic rings. The number of ether oxygens (including phenoxy) is 1. The van der Waals surface area contributed by atoms with Gasteiger partial charge >= 0.3 is 0 Å². The highest BCUT2D eigenvalue weighted by Gasteiger charge is 2.24. The number of aliphatic imine (C=N–C) groups is 1. The lowest BCUT2D eigenvalue weighted by Crippen LogP contribution is -2.42. The number of pyridine rings is 1. The minimum atomic E-state index is 0. The highest BCUT2D eigenvalue weighted by atomic mass is 127. The first-order valence-electron chi connectivity index (χ1n) is 10.1. The van der Waals surface area contributed by atoms with Gasteiger partial charge in [-0.2, -0.15) is 0 Å². The number of methoxy groups -OCH3 is 1. The van der Waals surface area contributed by atoms with Crippen molar-refractivity contribution in [2.75, 3.05) is 33.3 Å². The van der Waals surface area contributed by atoms with Gasteiger partial charge in [-0.25, -0.2) is 4.99 Å². The van der Waals surface area contributed by atoms with Crippen molar-refractivity contribution in [2.45, 2.75) is 32.4 Å². The summed E-state index contributed by atoms with van der Waals surface area (Å²) >= 11 is 0. The number of guanidine groups is 1. The van der Waals surface area contributed by atoms with E-state index in [4.69, 9.17) is 9.73 Å². The van der Waals surface area contributed by atoms with Crippen molar-refractivity contribution in [3.8, 4) is 5.75 Å². The smallest absolute Gasteiger partial charge is 0.191 e.